The van der Waals surface area contributed by atoms with E-state index in [-0.39, 0.29) is 23.9 Å². The highest BCUT2D eigenvalue weighted by molar-refractivity contribution is 6.01. The number of fused-ring (bicyclic) bond motifs is 1. The van der Waals surface area contributed by atoms with Gasteiger partial charge in [0.2, 0.25) is 0 Å². The van der Waals surface area contributed by atoms with E-state index in [1.165, 1.54) is 0 Å². The van der Waals surface area contributed by atoms with E-state index in [9.17, 15) is 9.59 Å². The molecule has 8 heteroatoms. The molecule has 2 aromatic heterocycles. The molecule has 0 spiro atoms. The third kappa shape index (κ3) is 4.06. The number of likely N-dealkylation sites (tertiary alicyclic amines) is 1. The van der Waals surface area contributed by atoms with E-state index in [2.05, 4.69) is 17.2 Å². The number of nitrogens with one attached hydrogen (secondary N) is 1. The second kappa shape index (κ2) is 8.90. The van der Waals surface area contributed by atoms with Crippen LogP contribution >= 0.6 is 0 Å². The van der Waals surface area contributed by atoms with E-state index in [1.54, 1.807) is 18.3 Å². The molecule has 162 valence electrons. The lowest BCUT2D eigenvalue weighted by Crippen LogP contribution is -2.35. The number of rotatable bonds is 5. The summed E-state index contributed by atoms with van der Waals surface area (Å²) in [5.41, 5.74) is 2.95. The number of hydrogen-bond donors (Lipinski definition) is 1. The molecule has 2 aliphatic heterocycles. The summed E-state index contributed by atoms with van der Waals surface area (Å²) < 4.78 is 7.54. The fourth-order valence-electron chi connectivity index (χ4n) is 4.42. The Morgan fingerprint density at radius 3 is 2.87 bits per heavy atom. The number of hydrogen-bond acceptors (Lipinski definition) is 5. The molecule has 0 aromatic carbocycles. The number of ether oxygens (including phenoxy) is 1. The Morgan fingerprint density at radius 2 is 2.23 bits per heavy atom. The van der Waals surface area contributed by atoms with Gasteiger partial charge in [0, 0.05) is 25.3 Å². The van der Waals surface area contributed by atoms with Crippen LogP contribution in [0.1, 0.15) is 76.9 Å². The highest BCUT2D eigenvalue weighted by atomic mass is 16.5. The SMILES string of the molecule is CC[C@@H](NC(=O)c1cc(C(=O)N2CCCC2C)n2c1COCC2)c1ccc(C#N)nc1. The molecule has 2 aromatic rings. The van der Waals surface area contributed by atoms with Crippen LogP contribution in [0.15, 0.2) is 24.4 Å². The van der Waals surface area contributed by atoms with Gasteiger partial charge in [0.05, 0.1) is 30.5 Å². The van der Waals surface area contributed by atoms with Gasteiger partial charge in [-0.1, -0.05) is 13.0 Å². The van der Waals surface area contributed by atoms with E-state index < -0.39 is 0 Å². The van der Waals surface area contributed by atoms with E-state index in [0.717, 1.165) is 30.6 Å². The van der Waals surface area contributed by atoms with E-state index in [4.69, 9.17) is 10.00 Å². The second-order valence-corrected chi connectivity index (χ2v) is 8.11. The summed E-state index contributed by atoms with van der Waals surface area (Å²) in [6.45, 7) is 6.18. The van der Waals surface area contributed by atoms with Crippen molar-refractivity contribution in [3.63, 3.8) is 0 Å². The summed E-state index contributed by atoms with van der Waals surface area (Å²) in [4.78, 5) is 32.5. The average Bonchev–Trinajstić information content (AvgIpc) is 3.41. The normalized spacial score (nSPS) is 18.9. The zero-order valence-electron chi connectivity index (χ0n) is 17.9. The van der Waals surface area contributed by atoms with Gasteiger partial charge in [-0.05, 0) is 43.9 Å². The Kier molecular flexibility index (Phi) is 6.05. The van der Waals surface area contributed by atoms with Crippen LogP contribution in [0, 0.1) is 11.3 Å². The fourth-order valence-corrected chi connectivity index (χ4v) is 4.42. The molecular formula is C23H27N5O3. The van der Waals surface area contributed by atoms with Gasteiger partial charge in [-0.2, -0.15) is 5.26 Å². The van der Waals surface area contributed by atoms with Crippen molar-refractivity contribution in [2.75, 3.05) is 13.2 Å². The van der Waals surface area contributed by atoms with Crippen LogP contribution in [0.25, 0.3) is 0 Å². The molecule has 0 bridgehead atoms. The summed E-state index contributed by atoms with van der Waals surface area (Å²) in [6.07, 6.45) is 4.30. The van der Waals surface area contributed by atoms with Crippen LogP contribution in [0.5, 0.6) is 0 Å². The first kappa shape index (κ1) is 21.1. The van der Waals surface area contributed by atoms with Gasteiger partial charge in [-0.3, -0.25) is 9.59 Å². The van der Waals surface area contributed by atoms with Gasteiger partial charge in [0.15, 0.2) is 0 Å². The van der Waals surface area contributed by atoms with Crippen LogP contribution in [-0.4, -0.2) is 45.5 Å². The minimum absolute atomic E-state index is 0.0180. The van der Waals surface area contributed by atoms with Gasteiger partial charge < -0.3 is 19.5 Å². The number of amides is 2. The largest absolute Gasteiger partial charge is 0.373 e. The predicted octanol–water partition coefficient (Wildman–Crippen LogP) is 2.79. The van der Waals surface area contributed by atoms with Crippen molar-refractivity contribution in [3.05, 3.63) is 52.6 Å². The topological polar surface area (TPSA) is 100 Å². The molecule has 0 saturated carbocycles. The van der Waals surface area contributed by atoms with Crippen LogP contribution in [-0.2, 0) is 17.9 Å². The molecule has 1 N–H and O–H groups in total. The van der Waals surface area contributed by atoms with Crippen molar-refractivity contribution >= 4 is 11.8 Å². The predicted molar refractivity (Wildman–Crippen MR) is 113 cm³/mol. The monoisotopic (exact) mass is 421 g/mol. The molecule has 8 nitrogen and oxygen atoms in total. The Bertz CT molecular complexity index is 1020. The summed E-state index contributed by atoms with van der Waals surface area (Å²) in [5, 5.41) is 12.0. The summed E-state index contributed by atoms with van der Waals surface area (Å²) in [7, 11) is 0. The number of nitriles is 1. The van der Waals surface area contributed by atoms with Crippen molar-refractivity contribution in [1.29, 1.82) is 5.26 Å². The van der Waals surface area contributed by atoms with Crippen molar-refractivity contribution < 1.29 is 14.3 Å². The van der Waals surface area contributed by atoms with E-state index >= 15 is 0 Å². The Morgan fingerprint density at radius 1 is 1.39 bits per heavy atom. The molecule has 2 amide bonds. The lowest BCUT2D eigenvalue weighted by atomic mass is 10.1. The smallest absolute Gasteiger partial charge is 0.270 e. The molecule has 4 heterocycles. The molecule has 0 aliphatic carbocycles. The molecule has 31 heavy (non-hydrogen) atoms. The minimum atomic E-state index is -0.245. The Balaban J connectivity index is 1.60. The summed E-state index contributed by atoms with van der Waals surface area (Å²) >= 11 is 0. The highest BCUT2D eigenvalue weighted by Crippen LogP contribution is 2.26. The molecule has 1 unspecified atom stereocenters. The van der Waals surface area contributed by atoms with Crippen LogP contribution in [0.4, 0.5) is 0 Å². The number of pyridine rings is 1. The third-order valence-corrected chi connectivity index (χ3v) is 6.20. The zero-order chi connectivity index (χ0) is 22.0. The first-order valence-electron chi connectivity index (χ1n) is 10.8. The molecular weight excluding hydrogens is 394 g/mol. The minimum Gasteiger partial charge on any atom is -0.373 e. The Labute approximate surface area is 181 Å². The first-order valence-corrected chi connectivity index (χ1v) is 10.8. The van der Waals surface area contributed by atoms with Crippen molar-refractivity contribution in [1.82, 2.24) is 19.8 Å². The number of carbonyl (C=O) groups excluding carboxylic acids is 2. The van der Waals surface area contributed by atoms with Crippen molar-refractivity contribution in [2.24, 2.45) is 0 Å². The average molecular weight is 422 g/mol. The lowest BCUT2D eigenvalue weighted by Gasteiger charge is -2.24. The number of nitrogens with zero attached hydrogens (tertiary/aromatic N) is 4. The second-order valence-electron chi connectivity index (χ2n) is 8.11. The summed E-state index contributed by atoms with van der Waals surface area (Å²) in [6, 6.07) is 7.14. The zero-order valence-corrected chi connectivity index (χ0v) is 17.9. The van der Waals surface area contributed by atoms with E-state index in [1.807, 2.05) is 28.5 Å². The van der Waals surface area contributed by atoms with Crippen LogP contribution in [0.2, 0.25) is 0 Å². The number of carbonyl (C=O) groups is 2. The molecule has 2 atom stereocenters. The maximum atomic E-state index is 13.2. The molecule has 4 rings (SSSR count). The van der Waals surface area contributed by atoms with Gasteiger partial charge in [0.1, 0.15) is 17.5 Å². The highest BCUT2D eigenvalue weighted by Gasteiger charge is 2.32. The quantitative estimate of drug-likeness (QED) is 0.800. The van der Waals surface area contributed by atoms with E-state index in [0.29, 0.717) is 43.1 Å². The standard InChI is InChI=1S/C23H27N5O3/c1-3-19(16-6-7-17(12-24)25-13-16)26-22(29)18-11-20(28-9-10-31-14-21(18)28)23(30)27-8-4-5-15(27)2/h6-7,11,13,15,19H,3-5,8-10,14H2,1-2H3,(H,26,29)/t15?,19-/m1/s1. The molecule has 0 radical (unpaired) electrons. The summed E-state index contributed by atoms with van der Waals surface area (Å²) in [5.74, 6) is -0.255. The van der Waals surface area contributed by atoms with Gasteiger partial charge >= 0.3 is 0 Å². The maximum absolute atomic E-state index is 13.2. The Hall–Kier alpha value is -3.18. The molecule has 2 aliphatic rings. The third-order valence-electron chi connectivity index (χ3n) is 6.20. The molecule has 1 fully saturated rings. The molecule has 1 saturated heterocycles. The lowest BCUT2D eigenvalue weighted by molar-refractivity contribution is 0.0683. The first-order chi connectivity index (χ1) is 15.0. The maximum Gasteiger partial charge on any atom is 0.270 e. The fraction of sp³-hybridized carbons (Fsp3) is 0.478. The van der Waals surface area contributed by atoms with Crippen molar-refractivity contribution in [3.8, 4) is 6.07 Å². The van der Waals surface area contributed by atoms with Gasteiger partial charge in [-0.15, -0.1) is 0 Å². The van der Waals surface area contributed by atoms with Gasteiger partial charge in [-0.25, -0.2) is 4.98 Å². The number of aromatic nitrogens is 2. The van der Waals surface area contributed by atoms with Crippen molar-refractivity contribution in [2.45, 2.75) is 58.3 Å². The van der Waals surface area contributed by atoms with Crippen LogP contribution in [0.3, 0.4) is 0 Å². The van der Waals surface area contributed by atoms with Gasteiger partial charge in [0.25, 0.3) is 11.8 Å². The van der Waals surface area contributed by atoms with Crippen LogP contribution < -0.4 is 5.32 Å².